The summed E-state index contributed by atoms with van der Waals surface area (Å²) in [5.41, 5.74) is 6.67. The van der Waals surface area contributed by atoms with E-state index < -0.39 is 5.82 Å². The van der Waals surface area contributed by atoms with Crippen molar-refractivity contribution in [1.82, 2.24) is 10.2 Å². The van der Waals surface area contributed by atoms with Crippen LogP contribution in [0.1, 0.15) is 10.4 Å². The van der Waals surface area contributed by atoms with Crippen LogP contribution in [0.4, 0.5) is 10.2 Å². The van der Waals surface area contributed by atoms with Gasteiger partial charge in [-0.2, -0.15) is 5.10 Å². The Hall–Kier alpha value is -2.17. The zero-order valence-electron chi connectivity index (χ0n) is 7.70. The number of benzene rings is 1. The van der Waals surface area contributed by atoms with E-state index >= 15 is 0 Å². The number of halogens is 1. The summed E-state index contributed by atoms with van der Waals surface area (Å²) in [5, 5.41) is 6.38. The first kappa shape index (κ1) is 9.39. The fourth-order valence-electron chi connectivity index (χ4n) is 1.28. The average Bonchev–Trinajstić information content (AvgIpc) is 2.65. The molecule has 3 N–H and O–H groups in total. The number of rotatable bonds is 2. The molecule has 0 saturated carbocycles. The second kappa shape index (κ2) is 3.53. The third-order valence-corrected chi connectivity index (χ3v) is 2.04. The van der Waals surface area contributed by atoms with Crippen LogP contribution in [0.5, 0.6) is 0 Å². The minimum absolute atomic E-state index is 0.0336. The third kappa shape index (κ3) is 1.71. The van der Waals surface area contributed by atoms with Crippen LogP contribution in [0, 0.1) is 5.82 Å². The maximum absolute atomic E-state index is 13.2. The number of hydrogen-bond donors (Lipinski definition) is 2. The molecule has 0 radical (unpaired) electrons. The number of carbonyl (C=O) groups is 1. The average molecular weight is 205 g/mol. The monoisotopic (exact) mass is 205 g/mol. The van der Waals surface area contributed by atoms with Crippen LogP contribution in [0.25, 0.3) is 11.3 Å². The summed E-state index contributed by atoms with van der Waals surface area (Å²) < 4.78 is 13.2. The molecule has 1 aromatic carbocycles. The third-order valence-electron chi connectivity index (χ3n) is 2.04. The molecule has 1 heterocycles. The smallest absolute Gasteiger partial charge is 0.152 e. The standard InChI is InChI=1S/C10H8FN3O/c11-8-3-6(1-2-7(8)5-15)9-4-10(12)14-13-9/h1-5H,(H3,12,13,14). The van der Waals surface area contributed by atoms with Crippen LogP contribution in [0.2, 0.25) is 0 Å². The number of nitrogen functional groups attached to an aromatic ring is 1. The lowest BCUT2D eigenvalue weighted by atomic mass is 10.1. The van der Waals surface area contributed by atoms with Crippen LogP contribution >= 0.6 is 0 Å². The van der Waals surface area contributed by atoms with Gasteiger partial charge in [-0.1, -0.05) is 6.07 Å². The van der Waals surface area contributed by atoms with Gasteiger partial charge in [-0.15, -0.1) is 0 Å². The predicted molar refractivity (Wildman–Crippen MR) is 53.8 cm³/mol. The van der Waals surface area contributed by atoms with Crippen molar-refractivity contribution in [3.05, 3.63) is 35.6 Å². The zero-order valence-corrected chi connectivity index (χ0v) is 7.70. The van der Waals surface area contributed by atoms with E-state index in [0.29, 0.717) is 23.4 Å². The number of carbonyl (C=O) groups excluding carboxylic acids is 1. The van der Waals surface area contributed by atoms with E-state index in [2.05, 4.69) is 10.2 Å². The van der Waals surface area contributed by atoms with Gasteiger partial charge in [0.1, 0.15) is 11.6 Å². The van der Waals surface area contributed by atoms with Crippen molar-refractivity contribution >= 4 is 12.1 Å². The highest BCUT2D eigenvalue weighted by Crippen LogP contribution is 2.20. The molecule has 2 rings (SSSR count). The van der Waals surface area contributed by atoms with Crippen molar-refractivity contribution in [3.63, 3.8) is 0 Å². The fraction of sp³-hybridized carbons (Fsp3) is 0. The minimum Gasteiger partial charge on any atom is -0.382 e. The van der Waals surface area contributed by atoms with Gasteiger partial charge in [-0.3, -0.25) is 9.89 Å². The van der Waals surface area contributed by atoms with Gasteiger partial charge in [0.2, 0.25) is 0 Å². The summed E-state index contributed by atoms with van der Waals surface area (Å²) >= 11 is 0. The molecule has 1 aromatic heterocycles. The Morgan fingerprint density at radius 1 is 1.40 bits per heavy atom. The Morgan fingerprint density at radius 2 is 2.20 bits per heavy atom. The number of aromatic nitrogens is 2. The molecule has 0 fully saturated rings. The number of hydrogen-bond acceptors (Lipinski definition) is 3. The van der Waals surface area contributed by atoms with Gasteiger partial charge in [-0.25, -0.2) is 4.39 Å². The first-order chi connectivity index (χ1) is 7.20. The van der Waals surface area contributed by atoms with Crippen LogP contribution < -0.4 is 5.73 Å². The lowest BCUT2D eigenvalue weighted by Gasteiger charge is -1.98. The SMILES string of the molecule is Nc1cc(-c2ccc(C=O)c(F)c2)[nH]n1. The summed E-state index contributed by atoms with van der Waals surface area (Å²) in [4.78, 5) is 10.4. The second-order valence-electron chi connectivity index (χ2n) is 3.06. The van der Waals surface area contributed by atoms with E-state index in [1.807, 2.05) is 0 Å². The molecule has 5 heteroatoms. The summed E-state index contributed by atoms with van der Waals surface area (Å²) in [5.74, 6) is -0.222. The van der Waals surface area contributed by atoms with Gasteiger partial charge in [0, 0.05) is 11.6 Å². The molecule has 0 spiro atoms. The number of anilines is 1. The Kier molecular flexibility index (Phi) is 2.21. The topological polar surface area (TPSA) is 71.8 Å². The number of nitrogens with one attached hydrogen (secondary N) is 1. The number of aldehydes is 1. The van der Waals surface area contributed by atoms with E-state index in [1.54, 1.807) is 12.1 Å². The molecule has 0 atom stereocenters. The van der Waals surface area contributed by atoms with Gasteiger partial charge in [0.05, 0.1) is 11.3 Å². The lowest BCUT2D eigenvalue weighted by molar-refractivity contribution is 0.112. The molecule has 76 valence electrons. The van der Waals surface area contributed by atoms with Crippen molar-refractivity contribution in [3.8, 4) is 11.3 Å². The first-order valence-corrected chi connectivity index (χ1v) is 4.26. The van der Waals surface area contributed by atoms with E-state index in [1.165, 1.54) is 12.1 Å². The van der Waals surface area contributed by atoms with Gasteiger partial charge in [0.25, 0.3) is 0 Å². The lowest BCUT2D eigenvalue weighted by Crippen LogP contribution is -1.88. The number of aromatic amines is 1. The van der Waals surface area contributed by atoms with Crippen molar-refractivity contribution in [1.29, 1.82) is 0 Å². The molecule has 0 unspecified atom stereocenters. The number of H-pyrrole nitrogens is 1. The van der Waals surface area contributed by atoms with Crippen LogP contribution in [0.3, 0.4) is 0 Å². The molecule has 0 bridgehead atoms. The van der Waals surface area contributed by atoms with E-state index in [9.17, 15) is 9.18 Å². The van der Waals surface area contributed by atoms with Crippen LogP contribution in [-0.4, -0.2) is 16.5 Å². The van der Waals surface area contributed by atoms with E-state index in [4.69, 9.17) is 5.73 Å². The molecule has 0 aliphatic carbocycles. The van der Waals surface area contributed by atoms with Crippen molar-refractivity contribution in [2.75, 3.05) is 5.73 Å². The van der Waals surface area contributed by atoms with Gasteiger partial charge >= 0.3 is 0 Å². The highest BCUT2D eigenvalue weighted by Gasteiger charge is 2.05. The van der Waals surface area contributed by atoms with Gasteiger partial charge in [0.15, 0.2) is 6.29 Å². The highest BCUT2D eigenvalue weighted by atomic mass is 19.1. The molecule has 2 aromatic rings. The Bertz CT molecular complexity index is 507. The summed E-state index contributed by atoms with van der Waals surface area (Å²) in [6, 6.07) is 5.89. The summed E-state index contributed by atoms with van der Waals surface area (Å²) in [6.07, 6.45) is 0.473. The Labute approximate surface area is 84.9 Å². The maximum atomic E-state index is 13.2. The molecule has 0 saturated heterocycles. The molecule has 0 aliphatic heterocycles. The van der Waals surface area contributed by atoms with Crippen LogP contribution in [-0.2, 0) is 0 Å². The molecule has 15 heavy (non-hydrogen) atoms. The van der Waals surface area contributed by atoms with Crippen molar-refractivity contribution in [2.45, 2.75) is 0 Å². The van der Waals surface area contributed by atoms with Crippen molar-refractivity contribution < 1.29 is 9.18 Å². The quantitative estimate of drug-likeness (QED) is 0.731. The van der Waals surface area contributed by atoms with E-state index in [0.717, 1.165) is 0 Å². The summed E-state index contributed by atoms with van der Waals surface area (Å²) in [6.45, 7) is 0. The molecule has 0 amide bonds. The maximum Gasteiger partial charge on any atom is 0.152 e. The van der Waals surface area contributed by atoms with Crippen LogP contribution in [0.15, 0.2) is 24.3 Å². The minimum atomic E-state index is -0.560. The predicted octanol–water partition coefficient (Wildman–Crippen LogP) is 1.61. The first-order valence-electron chi connectivity index (χ1n) is 4.26. The second-order valence-corrected chi connectivity index (χ2v) is 3.06. The zero-order chi connectivity index (χ0) is 10.8. The fourth-order valence-corrected chi connectivity index (χ4v) is 1.28. The van der Waals surface area contributed by atoms with Crippen molar-refractivity contribution in [2.24, 2.45) is 0 Å². The number of nitrogens with zero attached hydrogens (tertiary/aromatic N) is 1. The highest BCUT2D eigenvalue weighted by molar-refractivity contribution is 5.77. The van der Waals surface area contributed by atoms with Gasteiger partial charge < -0.3 is 5.73 Å². The summed E-state index contributed by atoms with van der Waals surface area (Å²) in [7, 11) is 0. The molecular formula is C10H8FN3O. The normalized spacial score (nSPS) is 10.2. The number of nitrogens with two attached hydrogens (primary N) is 1. The molecular weight excluding hydrogens is 197 g/mol. The van der Waals surface area contributed by atoms with Gasteiger partial charge in [-0.05, 0) is 12.1 Å². The Balaban J connectivity index is 2.46. The molecule has 0 aliphatic rings. The largest absolute Gasteiger partial charge is 0.382 e. The van der Waals surface area contributed by atoms with E-state index in [-0.39, 0.29) is 5.56 Å². The Morgan fingerprint density at radius 3 is 2.73 bits per heavy atom. The molecule has 4 nitrogen and oxygen atoms in total.